The Morgan fingerprint density at radius 3 is 2.80 bits per heavy atom. The Hall–Kier alpha value is -1.26. The Labute approximate surface area is 96.0 Å². The minimum absolute atomic E-state index is 0.0304. The molecule has 0 aliphatic heterocycles. The van der Waals surface area contributed by atoms with Crippen LogP contribution < -0.4 is 0 Å². The molecule has 15 heavy (non-hydrogen) atoms. The van der Waals surface area contributed by atoms with Crippen molar-refractivity contribution in [3.63, 3.8) is 0 Å². The summed E-state index contributed by atoms with van der Waals surface area (Å²) in [4.78, 5) is 8.51. The lowest BCUT2D eigenvalue weighted by molar-refractivity contribution is 0.282. The number of pyridine rings is 2. The topological polar surface area (TPSA) is 46.0 Å². The maximum atomic E-state index is 9.17. The number of aromatic nitrogens is 2. The molecule has 2 aromatic heterocycles. The van der Waals surface area contributed by atoms with Gasteiger partial charge in [0.25, 0.3) is 0 Å². The second-order valence-corrected chi connectivity index (χ2v) is 3.83. The van der Waals surface area contributed by atoms with E-state index in [4.69, 9.17) is 5.11 Å². The van der Waals surface area contributed by atoms with Crippen LogP contribution in [0.25, 0.3) is 11.4 Å². The van der Waals surface area contributed by atoms with E-state index in [0.29, 0.717) is 0 Å². The molecule has 0 unspecified atom stereocenters. The largest absolute Gasteiger partial charge is 0.392 e. The zero-order valence-corrected chi connectivity index (χ0v) is 9.48. The van der Waals surface area contributed by atoms with Crippen molar-refractivity contribution in [1.29, 1.82) is 0 Å². The minimum atomic E-state index is -0.0304. The molecular weight excluding hydrogens is 256 g/mol. The van der Waals surface area contributed by atoms with Crippen LogP contribution in [0.3, 0.4) is 0 Å². The van der Waals surface area contributed by atoms with Crippen molar-refractivity contribution in [2.45, 2.75) is 6.61 Å². The van der Waals surface area contributed by atoms with E-state index in [2.05, 4.69) is 25.9 Å². The van der Waals surface area contributed by atoms with Crippen LogP contribution in [0.4, 0.5) is 0 Å². The van der Waals surface area contributed by atoms with Crippen LogP contribution in [0, 0.1) is 0 Å². The van der Waals surface area contributed by atoms with Crippen molar-refractivity contribution >= 4 is 15.9 Å². The third-order valence-electron chi connectivity index (χ3n) is 2.02. The molecule has 0 saturated heterocycles. The van der Waals surface area contributed by atoms with Crippen LogP contribution in [-0.4, -0.2) is 15.1 Å². The van der Waals surface area contributed by atoms with Crippen LogP contribution in [0.5, 0.6) is 0 Å². The molecule has 76 valence electrons. The van der Waals surface area contributed by atoms with E-state index in [1.165, 1.54) is 0 Å². The first-order valence-corrected chi connectivity index (χ1v) is 5.28. The van der Waals surface area contributed by atoms with Gasteiger partial charge in [-0.3, -0.25) is 4.98 Å². The third-order valence-corrected chi connectivity index (χ3v) is 2.46. The Morgan fingerprint density at radius 2 is 2.07 bits per heavy atom. The summed E-state index contributed by atoms with van der Waals surface area (Å²) in [5, 5.41) is 9.17. The fraction of sp³-hybridized carbons (Fsp3) is 0.0909. The highest BCUT2D eigenvalue weighted by atomic mass is 79.9. The van der Waals surface area contributed by atoms with E-state index in [-0.39, 0.29) is 6.61 Å². The summed E-state index contributed by atoms with van der Waals surface area (Å²) in [7, 11) is 0. The molecule has 0 aliphatic carbocycles. The number of halogens is 1. The van der Waals surface area contributed by atoms with Crippen molar-refractivity contribution in [2.24, 2.45) is 0 Å². The molecule has 4 heteroatoms. The van der Waals surface area contributed by atoms with E-state index in [1.807, 2.05) is 24.3 Å². The highest BCUT2D eigenvalue weighted by Gasteiger charge is 2.06. The Bertz CT molecular complexity index is 474. The predicted molar refractivity (Wildman–Crippen MR) is 61.1 cm³/mol. The van der Waals surface area contributed by atoms with E-state index < -0.39 is 0 Å². The first-order chi connectivity index (χ1) is 7.31. The molecule has 0 saturated carbocycles. The number of aliphatic hydroxyl groups excluding tert-OH is 1. The van der Waals surface area contributed by atoms with Crippen molar-refractivity contribution < 1.29 is 5.11 Å². The lowest BCUT2D eigenvalue weighted by Gasteiger charge is -2.04. The van der Waals surface area contributed by atoms with Gasteiger partial charge in [-0.2, -0.15) is 0 Å². The zero-order chi connectivity index (χ0) is 10.7. The number of nitrogens with zero attached hydrogens (tertiary/aromatic N) is 2. The van der Waals surface area contributed by atoms with Crippen molar-refractivity contribution in [3.8, 4) is 11.4 Å². The summed E-state index contributed by atoms with van der Waals surface area (Å²) < 4.78 is 0.759. The lowest BCUT2D eigenvalue weighted by Crippen LogP contribution is -1.94. The summed E-state index contributed by atoms with van der Waals surface area (Å²) in [6.07, 6.45) is 1.69. The normalized spacial score (nSPS) is 10.3. The fourth-order valence-corrected chi connectivity index (χ4v) is 1.68. The summed E-state index contributed by atoms with van der Waals surface area (Å²) in [5.74, 6) is 0. The SMILES string of the molecule is OCc1cccnc1-c1cccc(Br)n1. The summed E-state index contributed by atoms with van der Waals surface area (Å²) in [5.41, 5.74) is 2.26. The molecule has 0 bridgehead atoms. The first kappa shape index (κ1) is 10.3. The van der Waals surface area contributed by atoms with E-state index in [1.54, 1.807) is 12.3 Å². The standard InChI is InChI=1S/C11H9BrN2O/c12-10-5-1-4-9(14-10)11-8(7-15)3-2-6-13-11/h1-6,15H,7H2. The fourth-order valence-electron chi connectivity index (χ4n) is 1.34. The van der Waals surface area contributed by atoms with Crippen LogP contribution in [0.2, 0.25) is 0 Å². The Balaban J connectivity index is 2.53. The average molecular weight is 265 g/mol. The molecular formula is C11H9BrN2O. The molecule has 0 spiro atoms. The van der Waals surface area contributed by atoms with Crippen molar-refractivity contribution in [2.75, 3.05) is 0 Å². The lowest BCUT2D eigenvalue weighted by atomic mass is 10.1. The molecule has 0 fully saturated rings. The molecule has 0 radical (unpaired) electrons. The third kappa shape index (κ3) is 2.22. The number of hydrogen-bond acceptors (Lipinski definition) is 3. The summed E-state index contributed by atoms with van der Waals surface area (Å²) >= 11 is 3.30. The van der Waals surface area contributed by atoms with Crippen LogP contribution in [0.1, 0.15) is 5.56 Å². The van der Waals surface area contributed by atoms with Gasteiger partial charge in [0.2, 0.25) is 0 Å². The zero-order valence-electron chi connectivity index (χ0n) is 7.89. The predicted octanol–water partition coefficient (Wildman–Crippen LogP) is 2.40. The highest BCUT2D eigenvalue weighted by molar-refractivity contribution is 9.10. The van der Waals surface area contributed by atoms with Crippen LogP contribution in [0.15, 0.2) is 41.1 Å². The van der Waals surface area contributed by atoms with Gasteiger partial charge in [-0.1, -0.05) is 12.1 Å². The number of hydrogen-bond donors (Lipinski definition) is 1. The van der Waals surface area contributed by atoms with Gasteiger partial charge < -0.3 is 5.11 Å². The van der Waals surface area contributed by atoms with Gasteiger partial charge in [0.05, 0.1) is 18.0 Å². The monoisotopic (exact) mass is 264 g/mol. The van der Waals surface area contributed by atoms with Gasteiger partial charge in [-0.05, 0) is 34.1 Å². The van der Waals surface area contributed by atoms with Gasteiger partial charge in [-0.15, -0.1) is 0 Å². The van der Waals surface area contributed by atoms with Gasteiger partial charge in [0.15, 0.2) is 0 Å². The molecule has 3 nitrogen and oxygen atoms in total. The van der Waals surface area contributed by atoms with Crippen molar-refractivity contribution in [1.82, 2.24) is 9.97 Å². The maximum absolute atomic E-state index is 9.17. The molecule has 2 rings (SSSR count). The quantitative estimate of drug-likeness (QED) is 0.848. The van der Waals surface area contributed by atoms with Crippen LogP contribution in [-0.2, 0) is 6.61 Å². The second kappa shape index (κ2) is 4.51. The molecule has 0 aliphatic rings. The first-order valence-electron chi connectivity index (χ1n) is 4.49. The van der Waals surface area contributed by atoms with E-state index in [9.17, 15) is 0 Å². The number of rotatable bonds is 2. The molecule has 2 aromatic rings. The second-order valence-electron chi connectivity index (χ2n) is 3.01. The van der Waals surface area contributed by atoms with Crippen LogP contribution >= 0.6 is 15.9 Å². The molecule has 0 atom stereocenters. The van der Waals surface area contributed by atoms with E-state index in [0.717, 1.165) is 21.6 Å². The molecule has 2 heterocycles. The van der Waals surface area contributed by atoms with Gasteiger partial charge in [0.1, 0.15) is 4.60 Å². The van der Waals surface area contributed by atoms with Gasteiger partial charge in [0, 0.05) is 11.8 Å². The number of aliphatic hydroxyl groups is 1. The average Bonchev–Trinajstić information content (AvgIpc) is 2.29. The molecule has 0 aromatic carbocycles. The molecule has 0 amide bonds. The minimum Gasteiger partial charge on any atom is -0.392 e. The van der Waals surface area contributed by atoms with Gasteiger partial charge in [-0.25, -0.2) is 4.98 Å². The van der Waals surface area contributed by atoms with E-state index >= 15 is 0 Å². The smallest absolute Gasteiger partial charge is 0.106 e. The maximum Gasteiger partial charge on any atom is 0.106 e. The Kier molecular flexibility index (Phi) is 3.08. The Morgan fingerprint density at radius 1 is 1.20 bits per heavy atom. The van der Waals surface area contributed by atoms with Crippen molar-refractivity contribution in [3.05, 3.63) is 46.7 Å². The summed E-state index contributed by atoms with van der Waals surface area (Å²) in [6.45, 7) is -0.0304. The van der Waals surface area contributed by atoms with Gasteiger partial charge >= 0.3 is 0 Å². The molecule has 1 N–H and O–H groups in total. The highest BCUT2D eigenvalue weighted by Crippen LogP contribution is 2.20. The summed E-state index contributed by atoms with van der Waals surface area (Å²) in [6, 6.07) is 9.25.